The first-order valence-electron chi connectivity index (χ1n) is 12.9. The van der Waals surface area contributed by atoms with Gasteiger partial charge >= 0.3 is 12.5 Å². The lowest BCUT2D eigenvalue weighted by molar-refractivity contribution is -0.274. The number of aromatic nitrogens is 3. The number of anilines is 1. The van der Waals surface area contributed by atoms with Gasteiger partial charge in [-0.25, -0.2) is 9.78 Å². The van der Waals surface area contributed by atoms with Gasteiger partial charge in [0, 0.05) is 44.1 Å². The van der Waals surface area contributed by atoms with Crippen LogP contribution >= 0.6 is 0 Å². The van der Waals surface area contributed by atoms with E-state index in [1.54, 1.807) is 39.7 Å². The predicted molar refractivity (Wildman–Crippen MR) is 143 cm³/mol. The minimum absolute atomic E-state index is 0.175. The zero-order chi connectivity index (χ0) is 29.0. The zero-order valence-corrected chi connectivity index (χ0v) is 22.0. The van der Waals surface area contributed by atoms with Gasteiger partial charge in [0.25, 0.3) is 0 Å². The van der Waals surface area contributed by atoms with Gasteiger partial charge < -0.3 is 24.6 Å². The first kappa shape index (κ1) is 27.7. The Morgan fingerprint density at radius 3 is 2.37 bits per heavy atom. The van der Waals surface area contributed by atoms with Gasteiger partial charge in [0.05, 0.1) is 6.20 Å². The maximum absolute atomic E-state index is 13.3. The Hall–Kier alpha value is -4.81. The molecule has 10 nitrogen and oxygen atoms in total. The molecule has 4 aromatic rings. The summed E-state index contributed by atoms with van der Waals surface area (Å²) in [6, 6.07) is 14.0. The summed E-state index contributed by atoms with van der Waals surface area (Å²) in [7, 11) is 0. The summed E-state index contributed by atoms with van der Waals surface area (Å²) < 4.78 is 48.8. The number of nitrogens with one attached hydrogen (secondary N) is 1. The molecule has 1 N–H and O–H groups in total. The van der Waals surface area contributed by atoms with Crippen molar-refractivity contribution in [2.45, 2.75) is 25.9 Å². The quantitative estimate of drug-likeness (QED) is 0.348. The van der Waals surface area contributed by atoms with E-state index in [4.69, 9.17) is 4.74 Å². The molecular formula is C28H27F3N6O4. The van der Waals surface area contributed by atoms with E-state index in [1.807, 2.05) is 30.3 Å². The molecule has 1 aliphatic rings. The number of rotatable bonds is 7. The van der Waals surface area contributed by atoms with Crippen LogP contribution in [0.5, 0.6) is 5.75 Å². The number of halogens is 3. The van der Waals surface area contributed by atoms with Crippen LogP contribution in [0, 0.1) is 0 Å². The molecule has 1 aliphatic heterocycles. The molecule has 5 rings (SSSR count). The second kappa shape index (κ2) is 11.7. The van der Waals surface area contributed by atoms with Crippen LogP contribution in [0.2, 0.25) is 0 Å². The average Bonchev–Trinajstić information content (AvgIpc) is 3.34. The second-order valence-electron chi connectivity index (χ2n) is 9.40. The molecule has 41 heavy (non-hydrogen) atoms. The van der Waals surface area contributed by atoms with Crippen molar-refractivity contribution in [1.82, 2.24) is 24.2 Å². The standard InChI is InChI=1S/C28H27F3N6O4/c1-19(26(38)35-13-15-36(16-14-35)27(39)40-18-20-5-3-2-4-6-20)33-25-24(34-23-17-32-11-12-37(23)25)21-7-9-22(10-8-21)41-28(29,30)31/h2-12,17,19,33H,13-16,18H2,1H3. The van der Waals surface area contributed by atoms with E-state index in [0.717, 1.165) is 5.56 Å². The van der Waals surface area contributed by atoms with Crippen molar-refractivity contribution < 1.29 is 32.2 Å². The molecule has 13 heteroatoms. The molecule has 0 bridgehead atoms. The third-order valence-electron chi connectivity index (χ3n) is 6.57. The van der Waals surface area contributed by atoms with Crippen LogP contribution in [-0.2, 0) is 16.1 Å². The summed E-state index contributed by atoms with van der Waals surface area (Å²) in [6.07, 6.45) is -0.452. The molecule has 1 fully saturated rings. The van der Waals surface area contributed by atoms with Crippen LogP contribution in [0.3, 0.4) is 0 Å². The van der Waals surface area contributed by atoms with Gasteiger partial charge in [-0.2, -0.15) is 0 Å². The molecule has 3 heterocycles. The van der Waals surface area contributed by atoms with E-state index < -0.39 is 18.5 Å². The molecule has 214 valence electrons. The molecule has 0 spiro atoms. The van der Waals surface area contributed by atoms with Gasteiger partial charge in [-0.1, -0.05) is 30.3 Å². The monoisotopic (exact) mass is 568 g/mol. The van der Waals surface area contributed by atoms with Crippen molar-refractivity contribution in [1.29, 1.82) is 0 Å². The van der Waals surface area contributed by atoms with Gasteiger partial charge in [-0.05, 0) is 36.8 Å². The second-order valence-corrected chi connectivity index (χ2v) is 9.40. The summed E-state index contributed by atoms with van der Waals surface area (Å²) in [4.78, 5) is 37.7. The lowest BCUT2D eigenvalue weighted by atomic mass is 10.1. The minimum atomic E-state index is -4.80. The minimum Gasteiger partial charge on any atom is -0.445 e. The number of nitrogens with zero attached hydrogens (tertiary/aromatic N) is 5. The third-order valence-corrected chi connectivity index (χ3v) is 6.57. The number of ether oxygens (including phenoxy) is 2. The summed E-state index contributed by atoms with van der Waals surface area (Å²) in [5, 5.41) is 3.22. The van der Waals surface area contributed by atoms with Crippen LogP contribution in [0.25, 0.3) is 16.9 Å². The summed E-state index contributed by atoms with van der Waals surface area (Å²) in [6.45, 7) is 3.25. The van der Waals surface area contributed by atoms with E-state index in [2.05, 4.69) is 20.0 Å². The first-order valence-corrected chi connectivity index (χ1v) is 12.9. The van der Waals surface area contributed by atoms with Gasteiger partial charge in [-0.15, -0.1) is 13.2 Å². The highest BCUT2D eigenvalue weighted by Crippen LogP contribution is 2.31. The number of carbonyl (C=O) groups is 2. The fourth-order valence-corrected chi connectivity index (χ4v) is 4.52. The molecule has 1 atom stereocenters. The van der Waals surface area contributed by atoms with Crippen LogP contribution in [-0.4, -0.2) is 74.8 Å². The molecule has 0 radical (unpaired) electrons. The molecular weight excluding hydrogens is 541 g/mol. The largest absolute Gasteiger partial charge is 0.573 e. The first-order chi connectivity index (χ1) is 19.7. The molecule has 0 saturated carbocycles. The molecule has 0 aliphatic carbocycles. The molecule has 2 aromatic heterocycles. The van der Waals surface area contributed by atoms with E-state index in [0.29, 0.717) is 48.9 Å². The SMILES string of the molecule is CC(Nc1c(-c2ccc(OC(F)(F)F)cc2)nc2cnccn12)C(=O)N1CCN(C(=O)OCc2ccccc2)CC1. The highest BCUT2D eigenvalue weighted by Gasteiger charge is 2.31. The summed E-state index contributed by atoms with van der Waals surface area (Å²) >= 11 is 0. The van der Waals surface area contributed by atoms with Crippen molar-refractivity contribution in [3.8, 4) is 17.0 Å². The molecule has 2 aromatic carbocycles. The van der Waals surface area contributed by atoms with Crippen molar-refractivity contribution >= 4 is 23.5 Å². The smallest absolute Gasteiger partial charge is 0.445 e. The van der Waals surface area contributed by atoms with Crippen molar-refractivity contribution in [3.05, 3.63) is 78.8 Å². The molecule has 1 unspecified atom stereocenters. The van der Waals surface area contributed by atoms with Gasteiger partial charge in [0.2, 0.25) is 5.91 Å². The Balaban J connectivity index is 1.24. The average molecular weight is 569 g/mol. The number of alkyl halides is 3. The van der Waals surface area contributed by atoms with Crippen LogP contribution in [0.15, 0.2) is 73.2 Å². The highest BCUT2D eigenvalue weighted by molar-refractivity contribution is 5.87. The lowest BCUT2D eigenvalue weighted by Gasteiger charge is -2.35. The highest BCUT2D eigenvalue weighted by atomic mass is 19.4. The van der Waals surface area contributed by atoms with E-state index >= 15 is 0 Å². The van der Waals surface area contributed by atoms with Crippen LogP contribution < -0.4 is 10.1 Å². The zero-order valence-electron chi connectivity index (χ0n) is 22.0. The predicted octanol–water partition coefficient (Wildman–Crippen LogP) is 4.58. The Kier molecular flexibility index (Phi) is 7.95. The van der Waals surface area contributed by atoms with Crippen molar-refractivity contribution in [2.75, 3.05) is 31.5 Å². The normalized spacial score (nSPS) is 14.5. The topological polar surface area (TPSA) is 101 Å². The number of fused-ring (bicyclic) bond motifs is 1. The fourth-order valence-electron chi connectivity index (χ4n) is 4.52. The van der Waals surface area contributed by atoms with Gasteiger partial charge in [-0.3, -0.25) is 14.2 Å². The maximum atomic E-state index is 13.3. The summed E-state index contributed by atoms with van der Waals surface area (Å²) in [5.74, 6) is -0.0464. The van der Waals surface area contributed by atoms with Crippen molar-refractivity contribution in [2.24, 2.45) is 0 Å². The van der Waals surface area contributed by atoms with Crippen LogP contribution in [0.4, 0.5) is 23.8 Å². The number of hydrogen-bond donors (Lipinski definition) is 1. The maximum Gasteiger partial charge on any atom is 0.573 e. The molecule has 2 amide bonds. The Bertz CT molecular complexity index is 1500. The number of amides is 2. The lowest BCUT2D eigenvalue weighted by Crippen LogP contribution is -2.53. The number of benzene rings is 2. The third kappa shape index (κ3) is 6.68. The van der Waals surface area contributed by atoms with E-state index in [1.165, 1.54) is 24.3 Å². The Labute approximate surface area is 233 Å². The Morgan fingerprint density at radius 1 is 1.00 bits per heavy atom. The van der Waals surface area contributed by atoms with Crippen molar-refractivity contribution in [3.63, 3.8) is 0 Å². The van der Waals surface area contributed by atoms with Gasteiger partial charge in [0.15, 0.2) is 5.65 Å². The number of hydrogen-bond acceptors (Lipinski definition) is 7. The summed E-state index contributed by atoms with van der Waals surface area (Å²) in [5.41, 5.74) is 2.33. The van der Waals surface area contributed by atoms with Crippen LogP contribution in [0.1, 0.15) is 12.5 Å². The molecule has 1 saturated heterocycles. The van der Waals surface area contributed by atoms with E-state index in [-0.39, 0.29) is 18.3 Å². The van der Waals surface area contributed by atoms with E-state index in [9.17, 15) is 22.8 Å². The number of carbonyl (C=O) groups excluding carboxylic acids is 2. The number of piperazine rings is 1. The number of imidazole rings is 1. The fraction of sp³-hybridized carbons (Fsp3) is 0.286. The Morgan fingerprint density at radius 2 is 1.68 bits per heavy atom. The van der Waals surface area contributed by atoms with Gasteiger partial charge in [0.1, 0.15) is 29.9 Å².